The fraction of sp³-hybridized carbons (Fsp3) is 0. The molecule has 3 rings (SSSR count). The van der Waals surface area contributed by atoms with Gasteiger partial charge in [-0.3, -0.25) is 0 Å². The lowest BCUT2D eigenvalue weighted by Crippen LogP contribution is -1.93. The zero-order valence-electron chi connectivity index (χ0n) is 9.50. The van der Waals surface area contributed by atoms with Gasteiger partial charge in [-0.1, -0.05) is 30.3 Å². The van der Waals surface area contributed by atoms with E-state index in [1.165, 1.54) is 0 Å². The predicted molar refractivity (Wildman–Crippen MR) is 74.8 cm³/mol. The van der Waals surface area contributed by atoms with E-state index >= 15 is 0 Å². The summed E-state index contributed by atoms with van der Waals surface area (Å²) in [6.45, 7) is 0. The van der Waals surface area contributed by atoms with Crippen molar-refractivity contribution in [1.29, 1.82) is 0 Å². The topological polar surface area (TPSA) is 22.4 Å². The van der Waals surface area contributed by atoms with Crippen LogP contribution in [0, 0.1) is 0 Å². The van der Waals surface area contributed by atoms with Gasteiger partial charge in [-0.2, -0.15) is 0 Å². The smallest absolute Gasteiger partial charge is 0.198 e. The lowest BCUT2D eigenvalue weighted by atomic mass is 10.1. The molecule has 0 N–H and O–H groups in total. The van der Waals surface area contributed by atoms with Crippen LogP contribution < -0.4 is 0 Å². The van der Waals surface area contributed by atoms with E-state index in [1.807, 2.05) is 54.6 Å². The summed E-state index contributed by atoms with van der Waals surface area (Å²) < 4.78 is 10.9. The fourth-order valence-corrected chi connectivity index (χ4v) is 1.97. The summed E-state index contributed by atoms with van der Waals surface area (Å²) in [5.74, 6) is 1.54. The maximum atomic E-state index is 5.59. The molecule has 0 saturated heterocycles. The molecule has 88 valence electrons. The first-order valence-corrected chi connectivity index (χ1v) is 5.98. The van der Waals surface area contributed by atoms with E-state index in [4.69, 9.17) is 21.4 Å². The van der Waals surface area contributed by atoms with Crippen molar-refractivity contribution < 1.29 is 9.15 Å². The highest BCUT2D eigenvalue weighted by Crippen LogP contribution is 2.28. The quantitative estimate of drug-likeness (QED) is 0.596. The average molecular weight is 254 g/mol. The molecular formula is C15H10O2S. The molecule has 1 aliphatic rings. The molecule has 0 radical (unpaired) electrons. The third-order valence-electron chi connectivity index (χ3n) is 2.62. The first-order chi connectivity index (χ1) is 8.83. The van der Waals surface area contributed by atoms with Gasteiger partial charge in [-0.15, -0.1) is 0 Å². The van der Waals surface area contributed by atoms with E-state index in [9.17, 15) is 0 Å². The van der Waals surface area contributed by atoms with Crippen LogP contribution in [-0.2, 0) is 4.74 Å². The second kappa shape index (κ2) is 4.63. The minimum Gasteiger partial charge on any atom is -0.465 e. The molecule has 2 aromatic rings. The van der Waals surface area contributed by atoms with Crippen molar-refractivity contribution in [3.05, 3.63) is 71.7 Å². The molecule has 0 bridgehead atoms. The number of rotatable bonds is 2. The molecule has 1 aromatic heterocycles. The summed E-state index contributed by atoms with van der Waals surface area (Å²) in [6, 6.07) is 13.6. The molecule has 0 unspecified atom stereocenters. The summed E-state index contributed by atoms with van der Waals surface area (Å²) in [4.78, 5) is 0. The molecular weight excluding hydrogens is 244 g/mol. The molecule has 0 spiro atoms. The van der Waals surface area contributed by atoms with E-state index in [0.717, 1.165) is 22.7 Å². The van der Waals surface area contributed by atoms with Crippen molar-refractivity contribution in [3.63, 3.8) is 0 Å². The van der Waals surface area contributed by atoms with Crippen LogP contribution in [0.1, 0.15) is 11.3 Å². The van der Waals surface area contributed by atoms with E-state index in [0.29, 0.717) is 5.05 Å². The molecule has 0 saturated carbocycles. The lowest BCUT2D eigenvalue weighted by Gasteiger charge is -2.01. The molecule has 0 aliphatic carbocycles. The van der Waals surface area contributed by atoms with Crippen LogP contribution in [0.3, 0.4) is 0 Å². The number of benzene rings is 1. The highest BCUT2D eigenvalue weighted by molar-refractivity contribution is 7.80. The van der Waals surface area contributed by atoms with Gasteiger partial charge in [0.2, 0.25) is 0 Å². The first-order valence-electron chi connectivity index (χ1n) is 5.57. The van der Waals surface area contributed by atoms with Gasteiger partial charge < -0.3 is 9.15 Å². The highest BCUT2D eigenvalue weighted by atomic mass is 32.1. The summed E-state index contributed by atoms with van der Waals surface area (Å²) in [7, 11) is 0. The zero-order valence-corrected chi connectivity index (χ0v) is 10.3. The van der Waals surface area contributed by atoms with Gasteiger partial charge in [0, 0.05) is 11.1 Å². The highest BCUT2D eigenvalue weighted by Gasteiger charge is 2.18. The van der Waals surface area contributed by atoms with Crippen LogP contribution in [0.2, 0.25) is 0 Å². The van der Waals surface area contributed by atoms with E-state index in [2.05, 4.69) is 0 Å². The summed E-state index contributed by atoms with van der Waals surface area (Å²) in [5.41, 5.74) is 1.88. The van der Waals surface area contributed by atoms with Crippen LogP contribution in [-0.4, -0.2) is 5.05 Å². The molecule has 0 atom stereocenters. The minimum absolute atomic E-state index is 0.477. The van der Waals surface area contributed by atoms with Gasteiger partial charge in [0.1, 0.15) is 11.5 Å². The minimum atomic E-state index is 0.477. The average Bonchev–Trinajstić information content (AvgIpc) is 3.02. The third-order valence-corrected chi connectivity index (χ3v) is 2.94. The Labute approximate surface area is 110 Å². The molecule has 3 heteroatoms. The number of hydrogen-bond acceptors (Lipinski definition) is 3. The number of hydrogen-bond donors (Lipinski definition) is 0. The zero-order chi connectivity index (χ0) is 12.4. The fourth-order valence-electron chi connectivity index (χ4n) is 1.76. The Kier molecular flexibility index (Phi) is 2.82. The maximum absolute atomic E-state index is 5.59. The maximum Gasteiger partial charge on any atom is 0.198 e. The number of ether oxygens (including phenoxy) is 1. The van der Waals surface area contributed by atoms with E-state index in [1.54, 1.807) is 6.26 Å². The molecule has 18 heavy (non-hydrogen) atoms. The lowest BCUT2D eigenvalue weighted by molar-refractivity contribution is 0.534. The van der Waals surface area contributed by atoms with Crippen LogP contribution in [0.5, 0.6) is 0 Å². The standard InChI is InChI=1S/C15H10O2S/c18-15-12(9-13-7-4-8-16-13)10-14(17-15)11-5-2-1-3-6-11/h1-10H/b12-9+. The van der Waals surface area contributed by atoms with Gasteiger partial charge in [0.15, 0.2) is 5.05 Å². The largest absolute Gasteiger partial charge is 0.465 e. The molecule has 2 nitrogen and oxygen atoms in total. The van der Waals surface area contributed by atoms with Crippen molar-refractivity contribution in [1.82, 2.24) is 0 Å². The Morgan fingerprint density at radius 1 is 1.00 bits per heavy atom. The van der Waals surface area contributed by atoms with Crippen LogP contribution in [0.4, 0.5) is 0 Å². The van der Waals surface area contributed by atoms with Crippen molar-refractivity contribution in [3.8, 4) is 0 Å². The summed E-state index contributed by atoms with van der Waals surface area (Å²) in [6.07, 6.45) is 5.44. The van der Waals surface area contributed by atoms with Crippen LogP contribution in [0.15, 0.2) is 64.8 Å². The van der Waals surface area contributed by atoms with Crippen molar-refractivity contribution in [2.45, 2.75) is 0 Å². The van der Waals surface area contributed by atoms with Crippen LogP contribution >= 0.6 is 12.2 Å². The van der Waals surface area contributed by atoms with Gasteiger partial charge in [0.05, 0.1) is 6.26 Å². The third kappa shape index (κ3) is 2.13. The predicted octanol–water partition coefficient (Wildman–Crippen LogP) is 4.06. The second-order valence-corrected chi connectivity index (χ2v) is 4.25. The Hall–Kier alpha value is -2.13. The number of thiocarbonyl (C=S) groups is 1. The molecule has 1 aliphatic heterocycles. The van der Waals surface area contributed by atoms with Gasteiger partial charge in [-0.05, 0) is 36.5 Å². The monoisotopic (exact) mass is 254 g/mol. The molecule has 2 heterocycles. The van der Waals surface area contributed by atoms with Crippen molar-refractivity contribution in [2.75, 3.05) is 0 Å². The number of furan rings is 1. The Bertz CT molecular complexity index is 622. The van der Waals surface area contributed by atoms with E-state index in [-0.39, 0.29) is 0 Å². The summed E-state index contributed by atoms with van der Waals surface area (Å²) >= 11 is 5.21. The van der Waals surface area contributed by atoms with Crippen molar-refractivity contribution >= 4 is 29.1 Å². The normalized spacial score (nSPS) is 16.8. The Morgan fingerprint density at radius 2 is 1.83 bits per heavy atom. The van der Waals surface area contributed by atoms with Gasteiger partial charge in [-0.25, -0.2) is 0 Å². The Morgan fingerprint density at radius 3 is 2.56 bits per heavy atom. The van der Waals surface area contributed by atoms with E-state index < -0.39 is 0 Å². The van der Waals surface area contributed by atoms with Gasteiger partial charge >= 0.3 is 0 Å². The van der Waals surface area contributed by atoms with Gasteiger partial charge in [0.25, 0.3) is 0 Å². The molecule has 0 amide bonds. The summed E-state index contributed by atoms with van der Waals surface area (Å²) in [5, 5.41) is 0.477. The van der Waals surface area contributed by atoms with Crippen LogP contribution in [0.25, 0.3) is 11.8 Å². The Balaban J connectivity index is 1.95. The second-order valence-electron chi connectivity index (χ2n) is 3.88. The molecule has 0 fully saturated rings. The first kappa shape index (κ1) is 11.0. The van der Waals surface area contributed by atoms with Crippen molar-refractivity contribution in [2.24, 2.45) is 0 Å². The molecule has 1 aromatic carbocycles. The SMILES string of the molecule is S=C1OC(c2ccccc2)=C/C1=C\c1ccco1.